The van der Waals surface area contributed by atoms with Gasteiger partial charge in [0.15, 0.2) is 0 Å². The van der Waals surface area contributed by atoms with Crippen molar-refractivity contribution in [2.24, 2.45) is 0 Å². The summed E-state index contributed by atoms with van der Waals surface area (Å²) in [5, 5.41) is 4.46. The maximum Gasteiger partial charge on any atom is 0.230 e. The minimum absolute atomic E-state index is 0.0870. The lowest BCUT2D eigenvalue weighted by Crippen LogP contribution is -2.27. The Morgan fingerprint density at radius 3 is 2.62 bits per heavy atom. The van der Waals surface area contributed by atoms with Crippen LogP contribution in [0.15, 0.2) is 12.0 Å². The topological polar surface area (TPSA) is 29.1 Å². The zero-order valence-corrected chi connectivity index (χ0v) is 10.3. The molecule has 0 saturated heterocycles. The van der Waals surface area contributed by atoms with Crippen molar-refractivity contribution in [3.63, 3.8) is 0 Å². The van der Waals surface area contributed by atoms with E-state index in [9.17, 15) is 4.79 Å². The van der Waals surface area contributed by atoms with E-state index in [0.717, 1.165) is 12.3 Å². The molecule has 0 aliphatic carbocycles. The summed E-state index contributed by atoms with van der Waals surface area (Å²) in [5.41, 5.74) is 0. The Hall–Kier alpha value is -0.0900. The molecule has 0 heterocycles. The Kier molecular flexibility index (Phi) is 17.1. The van der Waals surface area contributed by atoms with Crippen molar-refractivity contribution < 1.29 is 4.79 Å². The van der Waals surface area contributed by atoms with E-state index in [2.05, 4.69) is 11.9 Å². The van der Waals surface area contributed by atoms with Crippen LogP contribution in [0.3, 0.4) is 0 Å². The molecule has 0 aromatic rings. The van der Waals surface area contributed by atoms with Crippen LogP contribution in [0, 0.1) is 0 Å². The molecule has 0 rings (SSSR count). The van der Waals surface area contributed by atoms with Gasteiger partial charge in [-0.25, -0.2) is 0 Å². The summed E-state index contributed by atoms with van der Waals surface area (Å²) in [6.45, 7) is 8.27. The molecule has 0 fully saturated rings. The van der Waals surface area contributed by atoms with E-state index >= 15 is 0 Å². The quantitative estimate of drug-likeness (QED) is 0.698. The second-order valence-corrected chi connectivity index (χ2v) is 3.76. The van der Waals surface area contributed by atoms with Crippen molar-refractivity contribution in [2.45, 2.75) is 13.8 Å². The molecule has 0 atom stereocenters. The summed E-state index contributed by atoms with van der Waals surface area (Å²) in [5.74, 6) is 1.55. The molecule has 13 heavy (non-hydrogen) atoms. The Morgan fingerprint density at radius 2 is 2.15 bits per heavy atom. The molecule has 1 N–H and O–H groups in total. The second kappa shape index (κ2) is 14.4. The van der Waals surface area contributed by atoms with Gasteiger partial charge < -0.3 is 5.32 Å². The van der Waals surface area contributed by atoms with Crippen molar-refractivity contribution in [3.8, 4) is 0 Å². The fourth-order valence-electron chi connectivity index (χ4n) is 0.478. The smallest absolute Gasteiger partial charge is 0.230 e. The average Bonchev–Trinajstić information content (AvgIpc) is 2.18. The first-order valence-corrected chi connectivity index (χ1v) is 6.73. The highest BCUT2D eigenvalue weighted by atomic mass is 32.2. The summed E-state index contributed by atoms with van der Waals surface area (Å²) in [6.07, 6.45) is 2.02. The normalized spacial score (nSPS) is 8.23. The van der Waals surface area contributed by atoms with Crippen LogP contribution >= 0.6 is 23.5 Å². The maximum absolute atomic E-state index is 10.9. The van der Waals surface area contributed by atoms with Gasteiger partial charge in [-0.15, -0.1) is 11.8 Å². The highest BCUT2D eigenvalue weighted by molar-refractivity contribution is 8.02. The van der Waals surface area contributed by atoms with Crippen LogP contribution in [0.4, 0.5) is 0 Å². The van der Waals surface area contributed by atoms with Gasteiger partial charge in [-0.3, -0.25) is 4.79 Å². The number of hydrogen-bond acceptors (Lipinski definition) is 3. The highest BCUT2D eigenvalue weighted by Gasteiger charge is 1.96. The number of amides is 1. The molecule has 0 saturated carbocycles. The Morgan fingerprint density at radius 1 is 1.54 bits per heavy atom. The highest BCUT2D eigenvalue weighted by Crippen LogP contribution is 1.97. The number of rotatable bonds is 6. The summed E-state index contributed by atoms with van der Waals surface area (Å²) in [6, 6.07) is 0. The largest absolute Gasteiger partial charge is 0.355 e. The van der Waals surface area contributed by atoms with E-state index in [-0.39, 0.29) is 5.91 Å². The van der Waals surface area contributed by atoms with Gasteiger partial charge in [0.05, 0.1) is 5.75 Å². The van der Waals surface area contributed by atoms with Gasteiger partial charge in [0.1, 0.15) is 0 Å². The SMILES string of the molecule is C=CSCC(=O)NCCSC.CC. The summed E-state index contributed by atoms with van der Waals surface area (Å²) in [7, 11) is 0. The van der Waals surface area contributed by atoms with Crippen LogP contribution in [0.5, 0.6) is 0 Å². The fraction of sp³-hybridized carbons (Fsp3) is 0.667. The zero-order valence-electron chi connectivity index (χ0n) is 8.63. The number of hydrogen-bond donors (Lipinski definition) is 1. The molecule has 0 bridgehead atoms. The van der Waals surface area contributed by atoms with E-state index in [1.807, 2.05) is 20.1 Å². The second-order valence-electron chi connectivity index (χ2n) is 1.82. The van der Waals surface area contributed by atoms with Gasteiger partial charge in [0.25, 0.3) is 0 Å². The first kappa shape index (κ1) is 15.4. The van der Waals surface area contributed by atoms with Crippen LogP contribution in [-0.4, -0.2) is 30.2 Å². The van der Waals surface area contributed by atoms with Crippen molar-refractivity contribution >= 4 is 29.4 Å². The predicted octanol–water partition coefficient (Wildman–Crippen LogP) is 2.37. The standard InChI is InChI=1S/C7H13NOS2.C2H6/c1-3-11-6-7(9)8-4-5-10-2;1-2/h3H,1,4-6H2,2H3,(H,8,9);1-2H3. The van der Waals surface area contributed by atoms with Crippen molar-refractivity contribution in [1.29, 1.82) is 0 Å². The molecular formula is C9H19NOS2. The molecular weight excluding hydrogens is 202 g/mol. The summed E-state index contributed by atoms with van der Waals surface area (Å²) in [4.78, 5) is 10.9. The van der Waals surface area contributed by atoms with E-state index in [1.165, 1.54) is 11.8 Å². The molecule has 2 nitrogen and oxygen atoms in total. The minimum atomic E-state index is 0.0870. The maximum atomic E-state index is 10.9. The molecule has 1 amide bonds. The Balaban J connectivity index is 0. The third kappa shape index (κ3) is 14.7. The molecule has 0 aromatic heterocycles. The summed E-state index contributed by atoms with van der Waals surface area (Å²) >= 11 is 3.15. The molecule has 0 aliphatic heterocycles. The lowest BCUT2D eigenvalue weighted by Gasteiger charge is -2.00. The molecule has 0 aliphatic rings. The van der Waals surface area contributed by atoms with Crippen LogP contribution in [0.1, 0.15) is 13.8 Å². The van der Waals surface area contributed by atoms with Gasteiger partial charge in [-0.05, 0) is 11.7 Å². The molecule has 0 radical (unpaired) electrons. The predicted molar refractivity (Wildman–Crippen MR) is 65.4 cm³/mol. The third-order valence-corrected chi connectivity index (χ3v) is 2.24. The van der Waals surface area contributed by atoms with Crippen molar-refractivity contribution in [3.05, 3.63) is 12.0 Å². The number of carbonyl (C=O) groups is 1. The Labute approximate surface area is 89.9 Å². The van der Waals surface area contributed by atoms with Crippen LogP contribution < -0.4 is 5.32 Å². The molecule has 0 aromatic carbocycles. The third-order valence-electron chi connectivity index (χ3n) is 0.961. The van der Waals surface area contributed by atoms with Crippen molar-refractivity contribution in [2.75, 3.05) is 24.3 Å². The van der Waals surface area contributed by atoms with Gasteiger partial charge in [-0.2, -0.15) is 11.8 Å². The fourth-order valence-corrected chi connectivity index (χ4v) is 1.16. The van der Waals surface area contributed by atoms with E-state index in [1.54, 1.807) is 17.2 Å². The van der Waals surface area contributed by atoms with Crippen LogP contribution in [0.2, 0.25) is 0 Å². The molecule has 0 spiro atoms. The van der Waals surface area contributed by atoms with E-state index in [4.69, 9.17) is 0 Å². The molecule has 78 valence electrons. The lowest BCUT2D eigenvalue weighted by molar-refractivity contribution is -0.118. The first-order chi connectivity index (χ1) is 6.31. The van der Waals surface area contributed by atoms with E-state index < -0.39 is 0 Å². The van der Waals surface area contributed by atoms with Crippen LogP contribution in [0.25, 0.3) is 0 Å². The van der Waals surface area contributed by atoms with Gasteiger partial charge in [0.2, 0.25) is 5.91 Å². The zero-order chi connectivity index (χ0) is 10.5. The monoisotopic (exact) mass is 221 g/mol. The first-order valence-electron chi connectivity index (χ1n) is 4.29. The van der Waals surface area contributed by atoms with Gasteiger partial charge in [0, 0.05) is 12.3 Å². The Bertz CT molecular complexity index is 129. The average molecular weight is 221 g/mol. The van der Waals surface area contributed by atoms with E-state index in [0.29, 0.717) is 5.75 Å². The lowest BCUT2D eigenvalue weighted by atomic mass is 10.6. The molecule has 0 unspecified atom stereocenters. The van der Waals surface area contributed by atoms with Crippen molar-refractivity contribution in [1.82, 2.24) is 5.32 Å². The number of carbonyl (C=O) groups excluding carboxylic acids is 1. The van der Waals surface area contributed by atoms with Gasteiger partial charge in [-0.1, -0.05) is 20.4 Å². The van der Waals surface area contributed by atoms with Gasteiger partial charge >= 0.3 is 0 Å². The number of nitrogens with one attached hydrogen (secondary N) is 1. The minimum Gasteiger partial charge on any atom is -0.355 e. The summed E-state index contributed by atoms with van der Waals surface area (Å²) < 4.78 is 0. The van der Waals surface area contributed by atoms with Crippen LogP contribution in [-0.2, 0) is 4.79 Å². The number of thioether (sulfide) groups is 2. The molecule has 4 heteroatoms.